The van der Waals surface area contributed by atoms with Crippen LogP contribution in [0.2, 0.25) is 0 Å². The molecule has 2 aromatic rings. The van der Waals surface area contributed by atoms with Crippen molar-refractivity contribution in [3.63, 3.8) is 0 Å². The lowest BCUT2D eigenvalue weighted by Crippen LogP contribution is -2.15. The molecule has 1 N–H and O–H groups in total. The maximum absolute atomic E-state index is 13.6. The Morgan fingerprint density at radius 2 is 1.80 bits per heavy atom. The van der Waals surface area contributed by atoms with E-state index in [-0.39, 0.29) is 11.1 Å². The van der Waals surface area contributed by atoms with Gasteiger partial charge in [-0.2, -0.15) is 0 Å². The third kappa shape index (κ3) is 3.12. The van der Waals surface area contributed by atoms with E-state index in [1.165, 1.54) is 25.1 Å². The van der Waals surface area contributed by atoms with Crippen molar-refractivity contribution >= 4 is 34.2 Å². The van der Waals surface area contributed by atoms with Crippen molar-refractivity contribution in [3.05, 3.63) is 62.5 Å². The fourth-order valence-electron chi connectivity index (χ4n) is 1.61. The summed E-state index contributed by atoms with van der Waals surface area (Å²) in [6.07, 6.45) is 0. The van der Waals surface area contributed by atoms with Gasteiger partial charge >= 0.3 is 0 Å². The third-order valence-corrected chi connectivity index (χ3v) is 3.56. The molecule has 2 nitrogen and oxygen atoms in total. The predicted molar refractivity (Wildman–Crippen MR) is 78.2 cm³/mol. The molecule has 1 amide bonds. The molecule has 0 fully saturated rings. The highest BCUT2D eigenvalue weighted by Gasteiger charge is 2.15. The van der Waals surface area contributed by atoms with E-state index in [0.29, 0.717) is 15.3 Å². The summed E-state index contributed by atoms with van der Waals surface area (Å²) >= 11 is 1.85. The second-order valence-corrected chi connectivity index (χ2v) is 5.32. The van der Waals surface area contributed by atoms with E-state index in [9.17, 15) is 18.0 Å². The fourth-order valence-corrected chi connectivity index (χ4v) is 2.22. The molecule has 0 unspecified atom stereocenters. The van der Waals surface area contributed by atoms with Crippen LogP contribution in [0.5, 0.6) is 0 Å². The second kappa shape index (κ2) is 5.82. The zero-order chi connectivity index (χ0) is 14.9. The van der Waals surface area contributed by atoms with Crippen molar-refractivity contribution in [2.24, 2.45) is 0 Å². The lowest BCUT2D eigenvalue weighted by atomic mass is 10.1. The van der Waals surface area contributed by atoms with Gasteiger partial charge in [-0.25, -0.2) is 13.2 Å². The van der Waals surface area contributed by atoms with Crippen LogP contribution in [0.15, 0.2) is 30.3 Å². The quantitative estimate of drug-likeness (QED) is 0.762. The largest absolute Gasteiger partial charge is 0.321 e. The first-order valence-corrected chi connectivity index (χ1v) is 6.68. The summed E-state index contributed by atoms with van der Waals surface area (Å²) in [4.78, 5) is 12.0. The van der Waals surface area contributed by atoms with E-state index >= 15 is 0 Å². The maximum Gasteiger partial charge on any atom is 0.258 e. The molecule has 0 atom stereocenters. The zero-order valence-electron chi connectivity index (χ0n) is 10.3. The average Bonchev–Trinajstić information content (AvgIpc) is 2.37. The molecule has 2 rings (SSSR count). The summed E-state index contributed by atoms with van der Waals surface area (Å²) in [6.45, 7) is 1.44. The number of amides is 1. The smallest absolute Gasteiger partial charge is 0.258 e. The van der Waals surface area contributed by atoms with Crippen LogP contribution in [0, 0.1) is 27.9 Å². The molecule has 104 valence electrons. The van der Waals surface area contributed by atoms with Crippen LogP contribution in [0.4, 0.5) is 18.9 Å². The van der Waals surface area contributed by atoms with Crippen LogP contribution < -0.4 is 5.32 Å². The van der Waals surface area contributed by atoms with Crippen molar-refractivity contribution < 1.29 is 18.0 Å². The Morgan fingerprint density at radius 1 is 1.10 bits per heavy atom. The molecule has 0 aliphatic carbocycles. The molecule has 0 bridgehead atoms. The lowest BCUT2D eigenvalue weighted by Gasteiger charge is -2.09. The summed E-state index contributed by atoms with van der Waals surface area (Å²) in [7, 11) is 0. The highest BCUT2D eigenvalue weighted by molar-refractivity contribution is 14.1. The van der Waals surface area contributed by atoms with E-state index in [4.69, 9.17) is 0 Å². The van der Waals surface area contributed by atoms with Gasteiger partial charge in [0, 0.05) is 9.64 Å². The molecule has 0 aromatic heterocycles. The predicted octanol–water partition coefficient (Wildman–Crippen LogP) is 4.27. The van der Waals surface area contributed by atoms with Gasteiger partial charge in [0.15, 0.2) is 0 Å². The van der Waals surface area contributed by atoms with Gasteiger partial charge in [-0.15, -0.1) is 0 Å². The number of nitrogens with one attached hydrogen (secondary N) is 1. The van der Waals surface area contributed by atoms with Crippen LogP contribution in [-0.2, 0) is 0 Å². The highest BCUT2D eigenvalue weighted by Crippen LogP contribution is 2.21. The average molecular weight is 391 g/mol. The minimum atomic E-state index is -0.942. The molecule has 0 radical (unpaired) electrons. The number of carbonyl (C=O) groups is 1. The van der Waals surface area contributed by atoms with Crippen LogP contribution in [0.1, 0.15) is 15.9 Å². The van der Waals surface area contributed by atoms with E-state index in [2.05, 4.69) is 5.32 Å². The van der Waals surface area contributed by atoms with Gasteiger partial charge in [-0.1, -0.05) is 0 Å². The zero-order valence-corrected chi connectivity index (χ0v) is 12.5. The molecule has 0 aliphatic rings. The number of halogens is 4. The Bertz CT molecular complexity index is 688. The molecule has 2 aromatic carbocycles. The first kappa shape index (κ1) is 14.8. The normalized spacial score (nSPS) is 10.4. The molecule has 6 heteroatoms. The maximum atomic E-state index is 13.6. The van der Waals surface area contributed by atoms with Crippen LogP contribution >= 0.6 is 22.6 Å². The molecule has 0 saturated heterocycles. The van der Waals surface area contributed by atoms with Crippen LogP contribution in [0.25, 0.3) is 0 Å². The Labute approximate surface area is 127 Å². The summed E-state index contributed by atoms with van der Waals surface area (Å²) < 4.78 is 40.2. The summed E-state index contributed by atoms with van der Waals surface area (Å²) in [5.74, 6) is -2.80. The summed E-state index contributed by atoms with van der Waals surface area (Å²) in [5.41, 5.74) is 0.271. The third-order valence-electron chi connectivity index (χ3n) is 2.67. The minimum absolute atomic E-state index is 0.172. The molecule has 0 spiro atoms. The number of carbonyl (C=O) groups excluding carboxylic acids is 1. The number of aryl methyl sites for hydroxylation is 1. The van der Waals surface area contributed by atoms with E-state index in [1.54, 1.807) is 0 Å². The molecule has 0 heterocycles. The molecule has 0 saturated carbocycles. The summed E-state index contributed by atoms with van der Waals surface area (Å²) in [5, 5.41) is 2.47. The standard InChI is InChI=1S/C14H9F3INO/c1-7-4-9(11(17)6-10(7)16)14(20)19-13-3-2-8(15)5-12(13)18/h2-6H,1H3,(H,19,20). The topological polar surface area (TPSA) is 29.1 Å². The number of hydrogen-bond acceptors (Lipinski definition) is 1. The van der Waals surface area contributed by atoms with Gasteiger partial charge in [-0.3, -0.25) is 4.79 Å². The van der Waals surface area contributed by atoms with Crippen molar-refractivity contribution in [3.8, 4) is 0 Å². The Balaban J connectivity index is 2.31. The molecular formula is C14H9F3INO. The Hall–Kier alpha value is -1.57. The van der Waals surface area contributed by atoms with Gasteiger partial charge in [0.1, 0.15) is 17.5 Å². The molecule has 20 heavy (non-hydrogen) atoms. The Kier molecular flexibility index (Phi) is 4.32. The molecular weight excluding hydrogens is 382 g/mol. The number of benzene rings is 2. The SMILES string of the molecule is Cc1cc(C(=O)Nc2ccc(F)cc2I)c(F)cc1F. The van der Waals surface area contributed by atoms with Crippen LogP contribution in [0.3, 0.4) is 0 Å². The van der Waals surface area contributed by atoms with Gasteiger partial charge in [0.25, 0.3) is 5.91 Å². The van der Waals surface area contributed by atoms with Gasteiger partial charge in [0.2, 0.25) is 0 Å². The van der Waals surface area contributed by atoms with E-state index in [0.717, 1.165) is 6.07 Å². The number of hydrogen-bond donors (Lipinski definition) is 1. The van der Waals surface area contributed by atoms with E-state index in [1.807, 2.05) is 22.6 Å². The first-order chi connectivity index (χ1) is 9.38. The summed E-state index contributed by atoms with van der Waals surface area (Å²) in [6, 6.07) is 5.60. The number of anilines is 1. The van der Waals surface area contributed by atoms with Gasteiger partial charge in [-0.05, 0) is 59.3 Å². The van der Waals surface area contributed by atoms with Crippen molar-refractivity contribution in [1.29, 1.82) is 0 Å². The monoisotopic (exact) mass is 391 g/mol. The van der Waals surface area contributed by atoms with E-state index < -0.39 is 23.4 Å². The van der Waals surface area contributed by atoms with Crippen LogP contribution in [-0.4, -0.2) is 5.91 Å². The molecule has 0 aliphatic heterocycles. The Morgan fingerprint density at radius 3 is 2.45 bits per heavy atom. The second-order valence-electron chi connectivity index (χ2n) is 4.16. The lowest BCUT2D eigenvalue weighted by molar-refractivity contribution is 0.102. The van der Waals surface area contributed by atoms with Crippen molar-refractivity contribution in [1.82, 2.24) is 0 Å². The highest BCUT2D eigenvalue weighted by atomic mass is 127. The van der Waals surface area contributed by atoms with Gasteiger partial charge < -0.3 is 5.32 Å². The number of rotatable bonds is 2. The van der Waals surface area contributed by atoms with Gasteiger partial charge in [0.05, 0.1) is 11.3 Å². The first-order valence-electron chi connectivity index (χ1n) is 5.60. The minimum Gasteiger partial charge on any atom is -0.321 e. The fraction of sp³-hybridized carbons (Fsp3) is 0.0714. The van der Waals surface area contributed by atoms with Crippen molar-refractivity contribution in [2.75, 3.05) is 5.32 Å². The van der Waals surface area contributed by atoms with Crippen molar-refractivity contribution in [2.45, 2.75) is 6.92 Å².